The number of carbonyl (C=O) groups is 4. The van der Waals surface area contributed by atoms with Gasteiger partial charge in [0.05, 0.1) is 23.9 Å². The molecular formula is C29H20O20. The molecule has 0 aliphatic carbocycles. The quantitative estimate of drug-likeness (QED) is 0.0936. The summed E-state index contributed by atoms with van der Waals surface area (Å²) < 4.78 is 0. The Balaban J connectivity index is 0.000000623. The van der Waals surface area contributed by atoms with E-state index in [4.69, 9.17) is 61.3 Å². The van der Waals surface area contributed by atoms with Crippen molar-refractivity contribution in [1.29, 1.82) is 0 Å². The zero-order chi connectivity index (χ0) is 37.2. The molecule has 0 radical (unpaired) electrons. The first kappa shape index (κ1) is 41.4. The van der Waals surface area contributed by atoms with Crippen LogP contribution in [0.15, 0.2) is 48.5 Å². The topological polar surface area (TPSA) is 403 Å². The van der Waals surface area contributed by atoms with E-state index >= 15 is 0 Å². The van der Waals surface area contributed by atoms with Crippen molar-refractivity contribution in [3.05, 3.63) is 78.2 Å². The van der Waals surface area contributed by atoms with E-state index in [1.807, 2.05) is 0 Å². The van der Waals surface area contributed by atoms with Gasteiger partial charge in [-0.2, -0.15) is 0 Å². The molecule has 0 unspecified atom stereocenters. The van der Waals surface area contributed by atoms with Crippen molar-refractivity contribution in [2.45, 2.75) is 0 Å². The number of phenolic OH excluding ortho intramolecular Hbond substituents is 12. The van der Waals surface area contributed by atoms with Crippen LogP contribution in [-0.4, -0.2) is 85.2 Å². The normalized spacial score (nSPS) is 9.47. The third-order valence-corrected chi connectivity index (χ3v) is 5.22. The summed E-state index contributed by atoms with van der Waals surface area (Å²) in [6.07, 6.45) is 0. The van der Waals surface area contributed by atoms with Gasteiger partial charge in [0.15, 0.2) is 69.0 Å². The summed E-state index contributed by atoms with van der Waals surface area (Å²) in [5, 5.41) is 147. The number of carboxylic acid groups (broad SMARTS) is 4. The van der Waals surface area contributed by atoms with E-state index in [1.54, 1.807) is 0 Å². The molecule has 49 heavy (non-hydrogen) atoms. The number of carboxylic acids is 4. The second kappa shape index (κ2) is 17.2. The number of rotatable bonds is 4. The monoisotopic (exact) mass is 688 g/mol. The molecule has 0 bridgehead atoms. The van der Waals surface area contributed by atoms with Gasteiger partial charge in [-0.1, -0.05) is 0 Å². The van der Waals surface area contributed by atoms with Crippen LogP contribution < -0.4 is 20.4 Å². The maximum absolute atomic E-state index is 10.2. The number of aromatic hydroxyl groups is 12. The fourth-order valence-electron chi connectivity index (χ4n) is 2.89. The minimum atomic E-state index is -1.54. The molecule has 20 nitrogen and oxygen atoms in total. The van der Waals surface area contributed by atoms with E-state index in [9.17, 15) is 39.6 Å². The molecule has 20 heteroatoms. The summed E-state index contributed by atoms with van der Waals surface area (Å²) in [7, 11) is 0. The van der Waals surface area contributed by atoms with Gasteiger partial charge in [-0.05, 0) is 48.5 Å². The maximum Gasteiger partial charge on any atom is 4.00 e. The molecule has 12 N–H and O–H groups in total. The Morgan fingerprint density at radius 2 is 0.408 bits per heavy atom. The average Bonchev–Trinajstić information content (AvgIpc) is 2.99. The smallest absolute Gasteiger partial charge is 0.545 e. The fraction of sp³-hybridized carbons (Fsp3) is 0. The number of aromatic carboxylic acids is 4. The summed E-state index contributed by atoms with van der Waals surface area (Å²) in [4.78, 5) is 40.8. The van der Waals surface area contributed by atoms with Gasteiger partial charge < -0.3 is 101 Å². The SMILES string of the molecule is O=C([O-])c1cc(O)c(O)c(O)c1.O=C([O-])c1cc(O)c(O)c(O)c1.O=C([O-])c1cc(O)c(O)c(O)c1.O=C([O-])c1cc(O)c(O)c(O)c1.[C+4]. The summed E-state index contributed by atoms with van der Waals surface area (Å²) in [6, 6.07) is 6.26. The van der Waals surface area contributed by atoms with E-state index in [1.165, 1.54) is 0 Å². The van der Waals surface area contributed by atoms with Crippen molar-refractivity contribution in [3.63, 3.8) is 0 Å². The largest absolute Gasteiger partial charge is 4.00 e. The van der Waals surface area contributed by atoms with Crippen LogP contribution in [0.2, 0.25) is 0 Å². The van der Waals surface area contributed by atoms with E-state index in [-0.39, 0.29) is 7.43 Å². The van der Waals surface area contributed by atoms with Gasteiger partial charge in [-0.15, -0.1) is 0 Å². The van der Waals surface area contributed by atoms with Crippen LogP contribution >= 0.6 is 0 Å². The third-order valence-electron chi connectivity index (χ3n) is 5.22. The molecule has 4 aromatic carbocycles. The van der Waals surface area contributed by atoms with Crippen LogP contribution in [0.25, 0.3) is 0 Å². The van der Waals surface area contributed by atoms with Crippen molar-refractivity contribution in [2.75, 3.05) is 0 Å². The molecule has 256 valence electrons. The molecule has 0 aliphatic heterocycles. The first-order chi connectivity index (χ1) is 22.1. The van der Waals surface area contributed by atoms with Gasteiger partial charge in [-0.25, -0.2) is 0 Å². The van der Waals surface area contributed by atoms with E-state index in [0.29, 0.717) is 0 Å². The van der Waals surface area contributed by atoms with Gasteiger partial charge in [0, 0.05) is 22.3 Å². The predicted octanol–water partition coefficient (Wildman–Crippen LogP) is -3.25. The van der Waals surface area contributed by atoms with Gasteiger partial charge in [0.2, 0.25) is 0 Å². The van der Waals surface area contributed by atoms with Crippen molar-refractivity contribution in [2.24, 2.45) is 0 Å². The Bertz CT molecular complexity index is 1500. The van der Waals surface area contributed by atoms with Crippen molar-refractivity contribution < 1.29 is 101 Å². The minimum Gasteiger partial charge on any atom is -0.545 e. The second-order valence-electron chi connectivity index (χ2n) is 8.60. The van der Waals surface area contributed by atoms with Crippen LogP contribution in [-0.2, 0) is 0 Å². The Kier molecular flexibility index (Phi) is 14.5. The van der Waals surface area contributed by atoms with Crippen LogP contribution in [0, 0.1) is 7.43 Å². The first-order valence-electron chi connectivity index (χ1n) is 11.9. The molecule has 0 aliphatic rings. The maximum atomic E-state index is 10.2. The molecule has 0 aromatic heterocycles. The Hall–Kier alpha value is -7.64. The third kappa shape index (κ3) is 11.3. The molecule has 4 aromatic rings. The van der Waals surface area contributed by atoms with Gasteiger partial charge in [0.1, 0.15) is 0 Å². The molecule has 0 heterocycles. The van der Waals surface area contributed by atoms with Crippen LogP contribution in [0.5, 0.6) is 69.0 Å². The molecule has 0 saturated heterocycles. The number of benzene rings is 4. The summed E-state index contributed by atoms with van der Waals surface area (Å²) in [5.41, 5.74) is -1.60. The summed E-state index contributed by atoms with van der Waals surface area (Å²) >= 11 is 0. The second-order valence-corrected chi connectivity index (χ2v) is 8.60. The zero-order valence-corrected chi connectivity index (χ0v) is 23.8. The Morgan fingerprint density at radius 1 is 0.306 bits per heavy atom. The Labute approximate surface area is 272 Å². The Morgan fingerprint density at radius 3 is 0.490 bits per heavy atom. The van der Waals surface area contributed by atoms with Crippen LogP contribution in [0.4, 0.5) is 0 Å². The number of carbonyl (C=O) groups excluding carboxylic acids is 4. The molecule has 0 fully saturated rings. The fourth-order valence-corrected chi connectivity index (χ4v) is 2.89. The van der Waals surface area contributed by atoms with Gasteiger partial charge in [0.25, 0.3) is 0 Å². The molecule has 4 rings (SSSR count). The standard InChI is InChI=1S/4C7H6O5.C/c4*8-4-1-3(7(11)12)2-5(9)6(4)10;/h4*1-2,8-10H,(H,11,12);/q;;;;+4/p-4. The number of phenols is 12. The number of hydrogen-bond donors (Lipinski definition) is 12. The molecule has 0 saturated carbocycles. The molecule has 0 amide bonds. The van der Waals surface area contributed by atoms with Crippen molar-refractivity contribution in [3.8, 4) is 69.0 Å². The predicted molar refractivity (Wildman–Crippen MR) is 146 cm³/mol. The van der Waals surface area contributed by atoms with E-state index in [0.717, 1.165) is 48.5 Å². The van der Waals surface area contributed by atoms with E-state index < -0.39 is 115 Å². The molecule has 0 spiro atoms. The van der Waals surface area contributed by atoms with Gasteiger partial charge in [-0.3, -0.25) is 0 Å². The van der Waals surface area contributed by atoms with Crippen molar-refractivity contribution >= 4 is 23.9 Å². The summed E-state index contributed by atoms with van der Waals surface area (Å²) in [5.74, 6) is -14.8. The first-order valence-corrected chi connectivity index (χ1v) is 11.9. The minimum absolute atomic E-state index is 0. The summed E-state index contributed by atoms with van der Waals surface area (Å²) in [6.45, 7) is 0. The zero-order valence-electron chi connectivity index (χ0n) is 23.8. The van der Waals surface area contributed by atoms with Gasteiger partial charge >= 0.3 is 7.43 Å². The van der Waals surface area contributed by atoms with Crippen molar-refractivity contribution in [1.82, 2.24) is 0 Å². The van der Waals surface area contributed by atoms with Crippen LogP contribution in [0.3, 0.4) is 0 Å². The number of hydrogen-bond acceptors (Lipinski definition) is 20. The van der Waals surface area contributed by atoms with E-state index in [2.05, 4.69) is 0 Å². The molecular weight excluding hydrogens is 668 g/mol. The average molecular weight is 688 g/mol. The molecule has 0 atom stereocenters. The van der Waals surface area contributed by atoms with Crippen LogP contribution in [0.1, 0.15) is 41.4 Å².